The maximum absolute atomic E-state index is 8.31. The normalized spacial score (nSPS) is 8.67. The predicted molar refractivity (Wildman–Crippen MR) is 40.4 cm³/mol. The number of hydrogen-bond acceptors (Lipinski definition) is 3. The molecule has 0 radical (unpaired) electrons. The lowest BCUT2D eigenvalue weighted by Gasteiger charge is -1.95. The summed E-state index contributed by atoms with van der Waals surface area (Å²) in [6.07, 6.45) is 3.00. The Labute approximate surface area is 62.0 Å². The van der Waals surface area contributed by atoms with Gasteiger partial charge in [0.1, 0.15) is 0 Å². The summed E-state index contributed by atoms with van der Waals surface area (Å²) in [5.74, 6) is 5.00. The van der Waals surface area contributed by atoms with Crippen molar-refractivity contribution in [3.8, 4) is 0 Å². The third-order valence-corrected chi connectivity index (χ3v) is 0.979. The number of halogens is 1. The van der Waals surface area contributed by atoms with Gasteiger partial charge in [0.15, 0.2) is 0 Å². The maximum Gasteiger partial charge on any atom is 0.0431 e. The van der Waals surface area contributed by atoms with Gasteiger partial charge in [-0.25, -0.2) is 0 Å². The Kier molecular flexibility index (Phi) is 14.6. The van der Waals surface area contributed by atoms with Crippen LogP contribution in [0.3, 0.4) is 0 Å². The molecular weight excluding hydrogens is 140 g/mol. The van der Waals surface area contributed by atoms with E-state index in [4.69, 9.17) is 10.9 Å². The van der Waals surface area contributed by atoms with Crippen molar-refractivity contribution >= 4 is 12.4 Å². The molecule has 0 saturated carbocycles. The quantitative estimate of drug-likeness (QED) is 0.298. The lowest BCUT2D eigenvalue weighted by Crippen LogP contribution is -2.22. The highest BCUT2D eigenvalue weighted by molar-refractivity contribution is 5.85. The largest absolute Gasteiger partial charge is 0.396 e. The summed E-state index contributed by atoms with van der Waals surface area (Å²) < 4.78 is 0. The summed E-state index contributed by atoms with van der Waals surface area (Å²) in [6, 6.07) is 0. The van der Waals surface area contributed by atoms with Gasteiger partial charge in [-0.05, 0) is 19.3 Å². The van der Waals surface area contributed by atoms with Gasteiger partial charge in [-0.1, -0.05) is 0 Å². The molecule has 0 unspecified atom stereocenters. The lowest BCUT2D eigenvalue weighted by atomic mass is 10.2. The molecule has 9 heavy (non-hydrogen) atoms. The summed E-state index contributed by atoms with van der Waals surface area (Å²) >= 11 is 0. The molecule has 0 rings (SSSR count). The van der Waals surface area contributed by atoms with Crippen molar-refractivity contribution in [3.05, 3.63) is 0 Å². The van der Waals surface area contributed by atoms with Crippen LogP contribution in [0.15, 0.2) is 0 Å². The lowest BCUT2D eigenvalue weighted by molar-refractivity contribution is 0.283. The molecule has 0 atom stereocenters. The Morgan fingerprint density at radius 3 is 2.33 bits per heavy atom. The molecule has 0 aliphatic heterocycles. The summed E-state index contributed by atoms with van der Waals surface area (Å²) in [5.41, 5.74) is 2.54. The van der Waals surface area contributed by atoms with Crippen LogP contribution in [0.25, 0.3) is 0 Å². The first-order chi connectivity index (χ1) is 3.91. The topological polar surface area (TPSA) is 58.3 Å². The maximum atomic E-state index is 8.31. The second-order valence-electron chi connectivity index (χ2n) is 1.74. The molecule has 0 heterocycles. The average molecular weight is 155 g/mol. The van der Waals surface area contributed by atoms with Crippen LogP contribution < -0.4 is 11.3 Å². The Balaban J connectivity index is 0. The molecule has 0 aliphatic rings. The van der Waals surface area contributed by atoms with Crippen LogP contribution in [0, 0.1) is 0 Å². The summed E-state index contributed by atoms with van der Waals surface area (Å²) in [4.78, 5) is 0. The number of unbranched alkanes of at least 4 members (excludes halogenated alkanes) is 2. The molecule has 4 N–H and O–H groups in total. The Morgan fingerprint density at radius 2 is 1.89 bits per heavy atom. The number of hydrogen-bond donors (Lipinski definition) is 3. The van der Waals surface area contributed by atoms with E-state index in [0.717, 1.165) is 25.8 Å². The third kappa shape index (κ3) is 11.6. The van der Waals surface area contributed by atoms with Gasteiger partial charge in [0.25, 0.3) is 0 Å². The summed E-state index contributed by atoms with van der Waals surface area (Å²) in [6.45, 7) is 1.14. The van der Waals surface area contributed by atoms with Crippen molar-refractivity contribution in [1.29, 1.82) is 0 Å². The molecular formula is C5H15ClN2O. The Bertz CT molecular complexity index is 39.9. The van der Waals surface area contributed by atoms with Gasteiger partial charge in [0.2, 0.25) is 0 Å². The van der Waals surface area contributed by atoms with Crippen LogP contribution in [-0.4, -0.2) is 18.3 Å². The van der Waals surface area contributed by atoms with Gasteiger partial charge in [0, 0.05) is 13.2 Å². The fourth-order valence-corrected chi connectivity index (χ4v) is 0.516. The van der Waals surface area contributed by atoms with Crippen LogP contribution in [0.2, 0.25) is 0 Å². The highest BCUT2D eigenvalue weighted by Crippen LogP contribution is 1.90. The molecule has 0 aliphatic carbocycles. The van der Waals surface area contributed by atoms with Crippen LogP contribution in [0.4, 0.5) is 0 Å². The summed E-state index contributed by atoms with van der Waals surface area (Å²) in [5, 5.41) is 8.31. The van der Waals surface area contributed by atoms with Crippen molar-refractivity contribution in [3.63, 3.8) is 0 Å². The Morgan fingerprint density at radius 1 is 1.22 bits per heavy atom. The minimum absolute atomic E-state index is 0. The Hall–Kier alpha value is 0.170. The number of nitrogens with two attached hydrogens (primary N) is 1. The van der Waals surface area contributed by atoms with Crippen molar-refractivity contribution in [2.24, 2.45) is 5.84 Å². The van der Waals surface area contributed by atoms with E-state index in [-0.39, 0.29) is 12.4 Å². The van der Waals surface area contributed by atoms with Gasteiger partial charge in [0.05, 0.1) is 0 Å². The third-order valence-electron chi connectivity index (χ3n) is 0.979. The van der Waals surface area contributed by atoms with Gasteiger partial charge in [-0.2, -0.15) is 0 Å². The van der Waals surface area contributed by atoms with Crippen LogP contribution in [0.5, 0.6) is 0 Å². The predicted octanol–water partition coefficient (Wildman–Crippen LogP) is 0.0341. The molecule has 0 aromatic rings. The molecule has 0 saturated heterocycles. The molecule has 0 bridgehead atoms. The van der Waals surface area contributed by atoms with Gasteiger partial charge in [-0.15, -0.1) is 12.4 Å². The standard InChI is InChI=1S/C5H14N2O.ClH/c6-7-4-2-1-3-5-8;/h7-8H,1-6H2;1H. The first-order valence-electron chi connectivity index (χ1n) is 2.96. The SMILES string of the molecule is Cl.NNCCCCCO. The second-order valence-corrected chi connectivity index (χ2v) is 1.74. The van der Waals surface area contributed by atoms with E-state index < -0.39 is 0 Å². The van der Waals surface area contributed by atoms with Gasteiger partial charge < -0.3 is 5.11 Å². The first-order valence-corrected chi connectivity index (χ1v) is 2.96. The molecule has 0 spiro atoms. The monoisotopic (exact) mass is 154 g/mol. The van der Waals surface area contributed by atoms with E-state index >= 15 is 0 Å². The van der Waals surface area contributed by atoms with Gasteiger partial charge >= 0.3 is 0 Å². The highest BCUT2D eigenvalue weighted by Gasteiger charge is 1.83. The summed E-state index contributed by atoms with van der Waals surface area (Å²) in [7, 11) is 0. The first kappa shape index (κ1) is 11.9. The van der Waals surface area contributed by atoms with E-state index in [2.05, 4.69) is 5.43 Å². The van der Waals surface area contributed by atoms with Gasteiger partial charge in [-0.3, -0.25) is 11.3 Å². The smallest absolute Gasteiger partial charge is 0.0431 e. The van der Waals surface area contributed by atoms with Crippen LogP contribution in [-0.2, 0) is 0 Å². The van der Waals surface area contributed by atoms with E-state index in [1.165, 1.54) is 0 Å². The van der Waals surface area contributed by atoms with Crippen molar-refractivity contribution in [2.45, 2.75) is 19.3 Å². The minimum Gasteiger partial charge on any atom is -0.396 e. The molecule has 4 heteroatoms. The average Bonchev–Trinajstić information content (AvgIpc) is 1.81. The number of aliphatic hydroxyl groups is 1. The van der Waals surface area contributed by atoms with Crippen molar-refractivity contribution in [2.75, 3.05) is 13.2 Å². The molecule has 3 nitrogen and oxygen atoms in total. The van der Waals surface area contributed by atoms with Crippen LogP contribution >= 0.6 is 12.4 Å². The molecule has 0 aromatic carbocycles. The zero-order chi connectivity index (χ0) is 6.24. The van der Waals surface area contributed by atoms with Crippen LogP contribution in [0.1, 0.15) is 19.3 Å². The molecule has 58 valence electrons. The van der Waals surface area contributed by atoms with Crippen molar-refractivity contribution < 1.29 is 5.11 Å². The molecule has 0 amide bonds. The zero-order valence-electron chi connectivity index (χ0n) is 5.47. The highest BCUT2D eigenvalue weighted by atomic mass is 35.5. The fourth-order valence-electron chi connectivity index (χ4n) is 0.516. The second kappa shape index (κ2) is 11.0. The van der Waals surface area contributed by atoms with E-state index in [0.29, 0.717) is 6.61 Å². The van der Waals surface area contributed by atoms with E-state index in [9.17, 15) is 0 Å². The van der Waals surface area contributed by atoms with E-state index in [1.807, 2.05) is 0 Å². The minimum atomic E-state index is 0. The number of hydrazine groups is 1. The number of aliphatic hydroxyl groups excluding tert-OH is 1. The number of nitrogens with one attached hydrogen (secondary N) is 1. The molecule has 0 fully saturated rings. The fraction of sp³-hybridized carbons (Fsp3) is 1.00. The zero-order valence-corrected chi connectivity index (χ0v) is 6.28. The van der Waals surface area contributed by atoms with Crippen molar-refractivity contribution in [1.82, 2.24) is 5.43 Å². The molecule has 0 aromatic heterocycles. The number of rotatable bonds is 5. The van der Waals surface area contributed by atoms with E-state index in [1.54, 1.807) is 0 Å².